The van der Waals surface area contributed by atoms with E-state index in [1.807, 2.05) is 25.1 Å². The van der Waals surface area contributed by atoms with Crippen molar-refractivity contribution in [1.29, 1.82) is 5.41 Å². The maximum atomic E-state index is 7.40. The van der Waals surface area contributed by atoms with E-state index in [0.29, 0.717) is 0 Å². The summed E-state index contributed by atoms with van der Waals surface area (Å²) >= 11 is 0. The van der Waals surface area contributed by atoms with Gasteiger partial charge < -0.3 is 10.5 Å². The summed E-state index contributed by atoms with van der Waals surface area (Å²) in [5.41, 5.74) is 7.22. The number of hydrogen-bond acceptors (Lipinski definition) is 2. The molecule has 0 saturated carbocycles. The van der Waals surface area contributed by atoms with Crippen molar-refractivity contribution in [1.82, 2.24) is 0 Å². The van der Waals surface area contributed by atoms with E-state index < -0.39 is 0 Å². The predicted octanol–water partition coefficient (Wildman–Crippen LogP) is 3.09. The van der Waals surface area contributed by atoms with Crippen LogP contribution in [0.2, 0.25) is 0 Å². The number of benzene rings is 1. The van der Waals surface area contributed by atoms with Crippen molar-refractivity contribution >= 4 is 5.84 Å². The fourth-order valence-corrected chi connectivity index (χ4v) is 1.71. The molecule has 0 unspecified atom stereocenters. The van der Waals surface area contributed by atoms with E-state index in [0.717, 1.165) is 35.8 Å². The molecule has 0 amide bonds. The number of amidine groups is 1. The summed E-state index contributed by atoms with van der Waals surface area (Å²) in [6.45, 7) is 7.12. The maximum Gasteiger partial charge on any atom is 0.123 e. The van der Waals surface area contributed by atoms with Gasteiger partial charge in [-0.1, -0.05) is 13.8 Å². The Morgan fingerprint density at radius 3 is 2.65 bits per heavy atom. The third-order valence-corrected chi connectivity index (χ3v) is 2.68. The molecule has 0 aliphatic rings. The summed E-state index contributed by atoms with van der Waals surface area (Å²) in [6, 6.07) is 5.65. The van der Waals surface area contributed by atoms with Crippen LogP contribution in [0.1, 0.15) is 37.8 Å². The Hall–Kier alpha value is -1.51. The Morgan fingerprint density at radius 2 is 2.12 bits per heavy atom. The van der Waals surface area contributed by atoms with Crippen molar-refractivity contribution in [2.45, 2.75) is 33.6 Å². The number of rotatable bonds is 6. The first kappa shape index (κ1) is 13.6. The van der Waals surface area contributed by atoms with Gasteiger partial charge in [0.05, 0.1) is 6.61 Å². The summed E-state index contributed by atoms with van der Waals surface area (Å²) in [6.07, 6.45) is 2.26. The van der Waals surface area contributed by atoms with Crippen LogP contribution in [0.5, 0.6) is 5.75 Å². The van der Waals surface area contributed by atoms with Gasteiger partial charge in [-0.15, -0.1) is 0 Å². The maximum absolute atomic E-state index is 7.40. The van der Waals surface area contributed by atoms with E-state index in [-0.39, 0.29) is 5.84 Å². The van der Waals surface area contributed by atoms with Crippen molar-refractivity contribution in [2.75, 3.05) is 6.61 Å². The van der Waals surface area contributed by atoms with Crippen molar-refractivity contribution in [3.63, 3.8) is 0 Å². The molecule has 0 bridgehead atoms. The first-order valence-corrected chi connectivity index (χ1v) is 6.08. The van der Waals surface area contributed by atoms with Crippen molar-refractivity contribution < 1.29 is 4.74 Å². The molecule has 0 aliphatic heterocycles. The van der Waals surface area contributed by atoms with Gasteiger partial charge in [0.25, 0.3) is 0 Å². The number of nitrogens with two attached hydrogens (primary N) is 1. The van der Waals surface area contributed by atoms with Crippen LogP contribution >= 0.6 is 0 Å². The highest BCUT2D eigenvalue weighted by molar-refractivity contribution is 5.96. The zero-order valence-electron chi connectivity index (χ0n) is 10.9. The van der Waals surface area contributed by atoms with Gasteiger partial charge in [-0.2, -0.15) is 0 Å². The van der Waals surface area contributed by atoms with Gasteiger partial charge in [-0.3, -0.25) is 5.41 Å². The topological polar surface area (TPSA) is 59.1 Å². The van der Waals surface area contributed by atoms with Gasteiger partial charge in [0, 0.05) is 5.56 Å². The lowest BCUT2D eigenvalue weighted by molar-refractivity contribution is 0.297. The summed E-state index contributed by atoms with van der Waals surface area (Å²) in [5, 5.41) is 7.40. The largest absolute Gasteiger partial charge is 0.494 e. The summed E-state index contributed by atoms with van der Waals surface area (Å²) < 4.78 is 5.66. The molecule has 0 aliphatic carbocycles. The Balaban J connectivity index is 2.50. The summed E-state index contributed by atoms with van der Waals surface area (Å²) in [4.78, 5) is 0. The number of nitrogens with one attached hydrogen (secondary N) is 1. The molecule has 0 spiro atoms. The molecule has 0 atom stereocenters. The zero-order chi connectivity index (χ0) is 12.8. The van der Waals surface area contributed by atoms with E-state index in [1.54, 1.807) is 0 Å². The van der Waals surface area contributed by atoms with Gasteiger partial charge in [-0.25, -0.2) is 0 Å². The normalized spacial score (nSPS) is 10.6. The highest BCUT2D eigenvalue weighted by Crippen LogP contribution is 2.17. The Morgan fingerprint density at radius 1 is 1.41 bits per heavy atom. The molecular formula is C14H22N2O. The Bertz CT molecular complexity index is 386. The second-order valence-corrected chi connectivity index (χ2v) is 4.77. The third-order valence-electron chi connectivity index (χ3n) is 2.68. The second kappa shape index (κ2) is 6.28. The van der Waals surface area contributed by atoms with Gasteiger partial charge in [0.15, 0.2) is 0 Å². The van der Waals surface area contributed by atoms with E-state index in [1.165, 1.54) is 6.42 Å². The Labute approximate surface area is 103 Å². The molecule has 0 saturated heterocycles. The smallest absolute Gasteiger partial charge is 0.123 e. The van der Waals surface area contributed by atoms with E-state index >= 15 is 0 Å². The average molecular weight is 234 g/mol. The third kappa shape index (κ3) is 4.47. The number of aryl methyl sites for hydroxylation is 1. The molecule has 1 rings (SSSR count). The van der Waals surface area contributed by atoms with Crippen LogP contribution in [0.4, 0.5) is 0 Å². The Kier molecular flexibility index (Phi) is 5.01. The minimum absolute atomic E-state index is 0.105. The summed E-state index contributed by atoms with van der Waals surface area (Å²) in [5.74, 6) is 1.69. The van der Waals surface area contributed by atoms with Crippen molar-refractivity contribution in [3.05, 3.63) is 29.3 Å². The molecule has 0 fully saturated rings. The molecule has 3 nitrogen and oxygen atoms in total. The SMILES string of the molecule is Cc1cc(OCCCC(C)C)ccc1C(=N)N. The van der Waals surface area contributed by atoms with Crippen LogP contribution in [-0.2, 0) is 0 Å². The van der Waals surface area contributed by atoms with E-state index in [2.05, 4.69) is 13.8 Å². The number of nitrogen functional groups attached to an aromatic ring is 1. The quantitative estimate of drug-likeness (QED) is 0.451. The molecule has 3 heteroatoms. The van der Waals surface area contributed by atoms with Gasteiger partial charge >= 0.3 is 0 Å². The second-order valence-electron chi connectivity index (χ2n) is 4.77. The van der Waals surface area contributed by atoms with Crippen molar-refractivity contribution in [2.24, 2.45) is 11.7 Å². The fraction of sp³-hybridized carbons (Fsp3) is 0.500. The summed E-state index contributed by atoms with van der Waals surface area (Å²) in [7, 11) is 0. The lowest BCUT2D eigenvalue weighted by Gasteiger charge is -2.10. The first-order chi connectivity index (χ1) is 8.00. The van der Waals surface area contributed by atoms with Crippen LogP contribution in [-0.4, -0.2) is 12.4 Å². The zero-order valence-corrected chi connectivity index (χ0v) is 10.9. The number of ether oxygens (including phenoxy) is 1. The molecule has 17 heavy (non-hydrogen) atoms. The standard InChI is InChI=1S/C14H22N2O/c1-10(2)5-4-8-17-12-6-7-13(14(15)16)11(3)9-12/h6-7,9-10H,4-5,8H2,1-3H3,(H3,15,16). The molecule has 0 heterocycles. The number of hydrogen-bond donors (Lipinski definition) is 2. The van der Waals surface area contributed by atoms with Crippen LogP contribution in [0.15, 0.2) is 18.2 Å². The molecule has 0 radical (unpaired) electrons. The predicted molar refractivity (Wildman–Crippen MR) is 71.8 cm³/mol. The van der Waals surface area contributed by atoms with Crippen LogP contribution in [0.3, 0.4) is 0 Å². The molecule has 1 aromatic rings. The van der Waals surface area contributed by atoms with Gasteiger partial charge in [0.1, 0.15) is 11.6 Å². The van der Waals surface area contributed by atoms with E-state index in [4.69, 9.17) is 15.9 Å². The van der Waals surface area contributed by atoms with Crippen molar-refractivity contribution in [3.8, 4) is 5.75 Å². The molecule has 1 aromatic carbocycles. The highest BCUT2D eigenvalue weighted by Gasteiger charge is 2.03. The van der Waals surface area contributed by atoms with E-state index in [9.17, 15) is 0 Å². The first-order valence-electron chi connectivity index (χ1n) is 6.08. The highest BCUT2D eigenvalue weighted by atomic mass is 16.5. The average Bonchev–Trinajstić information content (AvgIpc) is 2.23. The fourth-order valence-electron chi connectivity index (χ4n) is 1.71. The minimum Gasteiger partial charge on any atom is -0.494 e. The van der Waals surface area contributed by atoms with Gasteiger partial charge in [-0.05, 0) is 49.4 Å². The van der Waals surface area contributed by atoms with Gasteiger partial charge in [0.2, 0.25) is 0 Å². The lowest BCUT2D eigenvalue weighted by Crippen LogP contribution is -2.12. The monoisotopic (exact) mass is 234 g/mol. The van der Waals surface area contributed by atoms with Crippen LogP contribution < -0.4 is 10.5 Å². The molecule has 94 valence electrons. The minimum atomic E-state index is 0.105. The molecular weight excluding hydrogens is 212 g/mol. The molecule has 3 N–H and O–H groups in total. The van der Waals surface area contributed by atoms with Crippen LogP contribution in [0.25, 0.3) is 0 Å². The lowest BCUT2D eigenvalue weighted by atomic mass is 10.1. The molecule has 0 aromatic heterocycles. The van der Waals surface area contributed by atoms with Crippen LogP contribution in [0, 0.1) is 18.3 Å².